The second-order valence-corrected chi connectivity index (χ2v) is 8.52. The van der Waals surface area contributed by atoms with E-state index in [2.05, 4.69) is 10.3 Å². The van der Waals surface area contributed by atoms with Crippen molar-refractivity contribution >= 4 is 34.2 Å². The van der Waals surface area contributed by atoms with Crippen molar-refractivity contribution in [3.8, 4) is 5.75 Å². The average molecular weight is 429 g/mol. The Morgan fingerprint density at radius 3 is 2.40 bits per heavy atom. The van der Waals surface area contributed by atoms with Crippen molar-refractivity contribution in [1.29, 1.82) is 0 Å². The maximum absolute atomic E-state index is 13.0. The van der Waals surface area contributed by atoms with E-state index in [0.717, 1.165) is 23.4 Å². The van der Waals surface area contributed by atoms with Gasteiger partial charge in [-0.3, -0.25) is 19.7 Å². The van der Waals surface area contributed by atoms with Crippen molar-refractivity contribution in [2.45, 2.75) is 25.7 Å². The van der Waals surface area contributed by atoms with Crippen LogP contribution in [0.15, 0.2) is 24.3 Å². The summed E-state index contributed by atoms with van der Waals surface area (Å²) >= 11 is 1.43. The molecule has 9 heteroatoms. The maximum Gasteiger partial charge on any atom is 0.257 e. The van der Waals surface area contributed by atoms with E-state index in [-0.39, 0.29) is 23.6 Å². The van der Waals surface area contributed by atoms with Gasteiger partial charge in [-0.05, 0) is 37.1 Å². The summed E-state index contributed by atoms with van der Waals surface area (Å²) in [4.78, 5) is 46.3. The van der Waals surface area contributed by atoms with E-state index >= 15 is 0 Å². The molecule has 3 amide bonds. The molecule has 158 valence electrons. The fourth-order valence-electron chi connectivity index (χ4n) is 3.89. The summed E-state index contributed by atoms with van der Waals surface area (Å²) in [5.74, 6) is 0.280. The van der Waals surface area contributed by atoms with Crippen LogP contribution >= 0.6 is 11.3 Å². The molecule has 0 saturated carbocycles. The molecular weight excluding hydrogens is 404 g/mol. The Morgan fingerprint density at radius 1 is 1.10 bits per heavy atom. The van der Waals surface area contributed by atoms with Gasteiger partial charge in [-0.2, -0.15) is 0 Å². The lowest BCUT2D eigenvalue weighted by Crippen LogP contribution is -2.51. The molecule has 1 aromatic carbocycles. The average Bonchev–Trinajstić information content (AvgIpc) is 3.33. The number of rotatable bonds is 4. The first-order valence-electron chi connectivity index (χ1n) is 9.95. The van der Waals surface area contributed by atoms with Gasteiger partial charge in [0.15, 0.2) is 5.13 Å². The van der Waals surface area contributed by atoms with Gasteiger partial charge in [-0.1, -0.05) is 0 Å². The number of carbonyl (C=O) groups excluding carboxylic acids is 3. The molecule has 4 rings (SSSR count). The van der Waals surface area contributed by atoms with E-state index in [4.69, 9.17) is 4.74 Å². The largest absolute Gasteiger partial charge is 0.497 e. The van der Waals surface area contributed by atoms with Crippen LogP contribution in [0.3, 0.4) is 0 Å². The minimum absolute atomic E-state index is 0.0435. The molecule has 1 aliphatic heterocycles. The van der Waals surface area contributed by atoms with Gasteiger partial charge >= 0.3 is 0 Å². The number of nitrogens with one attached hydrogen (secondary N) is 1. The Bertz CT molecular complexity index is 964. The van der Waals surface area contributed by atoms with Crippen LogP contribution in [0.2, 0.25) is 0 Å². The molecule has 1 unspecified atom stereocenters. The number of piperazine rings is 1. The Hall–Kier alpha value is -2.94. The summed E-state index contributed by atoms with van der Waals surface area (Å²) in [5.41, 5.74) is 1.30. The zero-order valence-corrected chi connectivity index (χ0v) is 17.8. The molecule has 1 fully saturated rings. The number of methoxy groups -OCH3 is 1. The Kier molecular flexibility index (Phi) is 5.72. The topological polar surface area (TPSA) is 91.8 Å². The number of benzene rings is 1. The quantitative estimate of drug-likeness (QED) is 0.806. The van der Waals surface area contributed by atoms with E-state index < -0.39 is 0 Å². The lowest BCUT2D eigenvalue weighted by molar-refractivity contribution is -0.139. The highest BCUT2D eigenvalue weighted by molar-refractivity contribution is 7.16. The minimum Gasteiger partial charge on any atom is -0.497 e. The lowest BCUT2D eigenvalue weighted by Gasteiger charge is -2.35. The third kappa shape index (κ3) is 4.02. The van der Waals surface area contributed by atoms with Crippen LogP contribution in [0.1, 0.15) is 40.2 Å². The highest BCUT2D eigenvalue weighted by atomic mass is 32.1. The van der Waals surface area contributed by atoms with Crippen LogP contribution in [0, 0.1) is 0 Å². The number of hydrogen-bond acceptors (Lipinski definition) is 6. The van der Waals surface area contributed by atoms with Crippen molar-refractivity contribution in [1.82, 2.24) is 14.8 Å². The van der Waals surface area contributed by atoms with E-state index in [9.17, 15) is 14.4 Å². The first-order chi connectivity index (χ1) is 14.5. The molecule has 0 bridgehead atoms. The molecule has 1 aliphatic carbocycles. The fourth-order valence-corrected chi connectivity index (χ4v) is 4.93. The van der Waals surface area contributed by atoms with E-state index in [1.54, 1.807) is 43.2 Å². The summed E-state index contributed by atoms with van der Waals surface area (Å²) in [6.45, 7) is 3.80. The van der Waals surface area contributed by atoms with E-state index in [0.29, 0.717) is 42.6 Å². The van der Waals surface area contributed by atoms with Gasteiger partial charge in [0, 0.05) is 43.5 Å². The predicted molar refractivity (Wildman–Crippen MR) is 113 cm³/mol. The molecule has 1 saturated heterocycles. The van der Waals surface area contributed by atoms with Crippen molar-refractivity contribution in [2.75, 3.05) is 38.6 Å². The number of fused-ring (bicyclic) bond motifs is 1. The molecular formula is C21H24N4O4S. The van der Waals surface area contributed by atoms with Crippen molar-refractivity contribution in [2.24, 2.45) is 0 Å². The molecule has 8 nitrogen and oxygen atoms in total. The Balaban J connectivity index is 1.41. The predicted octanol–water partition coefficient (Wildman–Crippen LogP) is 2.12. The van der Waals surface area contributed by atoms with E-state index in [1.165, 1.54) is 11.3 Å². The van der Waals surface area contributed by atoms with Gasteiger partial charge in [0.1, 0.15) is 5.75 Å². The number of anilines is 1. The summed E-state index contributed by atoms with van der Waals surface area (Å²) in [6, 6.07) is 6.86. The number of nitrogens with zero attached hydrogens (tertiary/aromatic N) is 3. The molecule has 2 heterocycles. The van der Waals surface area contributed by atoms with Crippen molar-refractivity contribution in [3.05, 3.63) is 40.4 Å². The smallest absolute Gasteiger partial charge is 0.257 e. The van der Waals surface area contributed by atoms with E-state index in [1.807, 2.05) is 4.90 Å². The summed E-state index contributed by atoms with van der Waals surface area (Å²) < 4.78 is 5.11. The molecule has 2 aliphatic rings. The second-order valence-electron chi connectivity index (χ2n) is 7.43. The molecule has 30 heavy (non-hydrogen) atoms. The van der Waals surface area contributed by atoms with Gasteiger partial charge < -0.3 is 14.5 Å². The number of aromatic nitrogens is 1. The highest BCUT2D eigenvalue weighted by Crippen LogP contribution is 2.39. The van der Waals surface area contributed by atoms with Crippen molar-refractivity contribution in [3.63, 3.8) is 0 Å². The summed E-state index contributed by atoms with van der Waals surface area (Å²) in [7, 11) is 1.58. The Morgan fingerprint density at radius 2 is 1.77 bits per heavy atom. The first-order valence-corrected chi connectivity index (χ1v) is 10.8. The second kappa shape index (κ2) is 8.43. The lowest BCUT2D eigenvalue weighted by atomic mass is 10.1. The van der Waals surface area contributed by atoms with Crippen LogP contribution in [0.4, 0.5) is 5.13 Å². The van der Waals surface area contributed by atoms with Gasteiger partial charge in [0.05, 0.1) is 18.7 Å². The van der Waals surface area contributed by atoms with Crippen LogP contribution < -0.4 is 10.1 Å². The molecule has 0 spiro atoms. The first kappa shape index (κ1) is 20.3. The number of aryl methyl sites for hydroxylation is 1. The minimum atomic E-state index is -0.272. The van der Waals surface area contributed by atoms with Gasteiger partial charge in [-0.25, -0.2) is 4.98 Å². The third-order valence-electron chi connectivity index (χ3n) is 5.63. The van der Waals surface area contributed by atoms with Crippen LogP contribution in [0.25, 0.3) is 0 Å². The monoisotopic (exact) mass is 428 g/mol. The molecule has 1 atom stereocenters. The standard InChI is InChI=1S/C21H24N4O4S/c1-13(26)24-9-11-25(12-10-24)20(28)16-7-8-17-18(16)22-21(30-17)23-19(27)14-3-5-15(29-2)6-4-14/h3-6,16H,7-12H2,1-2H3,(H,22,23,27). The molecule has 1 aromatic heterocycles. The number of ether oxygens (including phenoxy) is 1. The van der Waals surface area contributed by atoms with Gasteiger partial charge in [-0.15, -0.1) is 11.3 Å². The number of amides is 3. The van der Waals surface area contributed by atoms with Gasteiger partial charge in [0.25, 0.3) is 5.91 Å². The number of thiazole rings is 1. The zero-order valence-electron chi connectivity index (χ0n) is 17.0. The normalized spacial score (nSPS) is 18.1. The highest BCUT2D eigenvalue weighted by Gasteiger charge is 2.36. The SMILES string of the molecule is COc1ccc(C(=O)Nc2nc3c(s2)CCC3C(=O)N2CCN(C(C)=O)CC2)cc1. The number of hydrogen-bond donors (Lipinski definition) is 1. The van der Waals surface area contributed by atoms with Gasteiger partial charge in [0.2, 0.25) is 11.8 Å². The van der Waals surface area contributed by atoms with Crippen LogP contribution in [0.5, 0.6) is 5.75 Å². The molecule has 1 N–H and O–H groups in total. The third-order valence-corrected chi connectivity index (χ3v) is 6.67. The summed E-state index contributed by atoms with van der Waals surface area (Å²) in [5, 5.41) is 3.35. The fraction of sp³-hybridized carbons (Fsp3) is 0.429. The van der Waals surface area contributed by atoms with Crippen molar-refractivity contribution < 1.29 is 19.1 Å². The molecule has 0 radical (unpaired) electrons. The number of carbonyl (C=O) groups is 3. The van der Waals surface area contributed by atoms with Crippen LogP contribution in [-0.4, -0.2) is 65.8 Å². The van der Waals surface area contributed by atoms with Crippen LogP contribution in [-0.2, 0) is 16.0 Å². The maximum atomic E-state index is 13.0. The zero-order chi connectivity index (χ0) is 21.3. The molecule has 2 aromatic rings. The Labute approximate surface area is 178 Å². The summed E-state index contributed by atoms with van der Waals surface area (Å²) in [6.07, 6.45) is 1.53.